The highest BCUT2D eigenvalue weighted by Gasteiger charge is 2.31. The summed E-state index contributed by atoms with van der Waals surface area (Å²) in [5.41, 5.74) is 2.24. The van der Waals surface area contributed by atoms with Crippen molar-refractivity contribution in [3.05, 3.63) is 78.8 Å². The number of nitrogens with one attached hydrogen (secondary N) is 1. The quantitative estimate of drug-likeness (QED) is 0.437. The summed E-state index contributed by atoms with van der Waals surface area (Å²) in [6, 6.07) is 20.8. The Hall–Kier alpha value is -3.85. The molecule has 0 unspecified atom stereocenters. The van der Waals surface area contributed by atoms with Crippen LogP contribution in [0.4, 0.5) is 11.4 Å². The van der Waals surface area contributed by atoms with E-state index in [1.54, 1.807) is 12.3 Å². The number of benzene rings is 2. The predicted octanol–water partition coefficient (Wildman–Crippen LogP) is 4.05. The fourth-order valence-electron chi connectivity index (χ4n) is 3.74. The number of para-hydroxylation sites is 2. The second kappa shape index (κ2) is 8.95. The molecule has 0 spiro atoms. The molecule has 0 aliphatic carbocycles. The lowest BCUT2D eigenvalue weighted by atomic mass is 10.2. The lowest BCUT2D eigenvalue weighted by molar-refractivity contribution is -0.121. The maximum absolute atomic E-state index is 13.4. The zero-order valence-corrected chi connectivity index (χ0v) is 18.7. The molecule has 0 fully saturated rings. The van der Waals surface area contributed by atoms with Gasteiger partial charge in [-0.25, -0.2) is 0 Å². The number of carbonyl (C=O) groups is 2. The zero-order valence-electron chi connectivity index (χ0n) is 17.8. The first kappa shape index (κ1) is 21.0. The van der Waals surface area contributed by atoms with Gasteiger partial charge in [0.15, 0.2) is 11.0 Å². The van der Waals surface area contributed by atoms with Crippen molar-refractivity contribution in [3.63, 3.8) is 0 Å². The summed E-state index contributed by atoms with van der Waals surface area (Å²) in [4.78, 5) is 27.1. The van der Waals surface area contributed by atoms with Crippen molar-refractivity contribution >= 4 is 35.0 Å². The molecule has 5 rings (SSSR count). The lowest BCUT2D eigenvalue weighted by Gasteiger charge is -2.30. The highest BCUT2D eigenvalue weighted by molar-refractivity contribution is 8.00. The first-order valence-electron chi connectivity index (χ1n) is 10.5. The van der Waals surface area contributed by atoms with Gasteiger partial charge in [-0.2, -0.15) is 0 Å². The average molecular weight is 460 g/mol. The van der Waals surface area contributed by atoms with Gasteiger partial charge in [-0.05, 0) is 31.2 Å². The van der Waals surface area contributed by atoms with Gasteiger partial charge in [-0.15, -0.1) is 10.2 Å². The van der Waals surface area contributed by atoms with E-state index in [4.69, 9.17) is 4.42 Å². The minimum absolute atomic E-state index is 0.0188. The van der Waals surface area contributed by atoms with Crippen LogP contribution in [0.3, 0.4) is 0 Å². The van der Waals surface area contributed by atoms with Crippen LogP contribution in [0.25, 0.3) is 11.4 Å². The van der Waals surface area contributed by atoms with E-state index >= 15 is 0 Å². The van der Waals surface area contributed by atoms with Crippen molar-refractivity contribution in [3.8, 4) is 11.4 Å². The first-order valence-corrected chi connectivity index (χ1v) is 11.4. The van der Waals surface area contributed by atoms with Crippen molar-refractivity contribution in [2.75, 3.05) is 16.8 Å². The van der Waals surface area contributed by atoms with Gasteiger partial charge in [0.2, 0.25) is 11.8 Å². The molecule has 3 heterocycles. The summed E-state index contributed by atoms with van der Waals surface area (Å²) in [6.45, 7) is 2.23. The third-order valence-electron chi connectivity index (χ3n) is 5.31. The molecule has 1 N–H and O–H groups in total. The fourth-order valence-corrected chi connectivity index (χ4v) is 4.65. The van der Waals surface area contributed by atoms with Gasteiger partial charge < -0.3 is 9.73 Å². The standard InChI is InChI=1S/C24H21N5O3S/c1-16(23(31)28-15-21(30)25-19-11-5-6-12-20(19)28)33-24-27-26-22(17-8-3-2-4-9-17)29(24)14-18-10-7-13-32-18/h2-13,16H,14-15H2,1H3,(H,25,30)/t16-/m0/s1. The minimum atomic E-state index is -0.493. The SMILES string of the molecule is C[C@H](Sc1nnc(-c2ccccc2)n1Cc1ccco1)C(=O)N1CC(=O)Nc2ccccc21. The molecule has 4 aromatic rings. The molecule has 166 valence electrons. The Morgan fingerprint density at radius 2 is 1.88 bits per heavy atom. The van der Waals surface area contributed by atoms with Crippen molar-refractivity contribution < 1.29 is 14.0 Å². The Morgan fingerprint density at radius 1 is 1.09 bits per heavy atom. The van der Waals surface area contributed by atoms with E-state index in [0.29, 0.717) is 28.9 Å². The van der Waals surface area contributed by atoms with E-state index in [9.17, 15) is 9.59 Å². The predicted molar refractivity (Wildman–Crippen MR) is 126 cm³/mol. The zero-order chi connectivity index (χ0) is 22.8. The van der Waals surface area contributed by atoms with Gasteiger partial charge >= 0.3 is 0 Å². The van der Waals surface area contributed by atoms with Gasteiger partial charge in [-0.3, -0.25) is 19.1 Å². The molecule has 1 atom stereocenters. The summed E-state index contributed by atoms with van der Waals surface area (Å²) in [7, 11) is 0. The number of furan rings is 1. The van der Waals surface area contributed by atoms with Crippen molar-refractivity contribution in [2.24, 2.45) is 0 Å². The third kappa shape index (κ3) is 4.27. The second-order valence-corrected chi connectivity index (χ2v) is 8.90. The number of anilines is 2. The number of hydrogen-bond acceptors (Lipinski definition) is 6. The van der Waals surface area contributed by atoms with Crippen molar-refractivity contribution in [2.45, 2.75) is 23.9 Å². The normalized spacial score (nSPS) is 14.0. The number of carbonyl (C=O) groups excluding carboxylic acids is 2. The Balaban J connectivity index is 1.44. The smallest absolute Gasteiger partial charge is 0.244 e. The van der Waals surface area contributed by atoms with Crippen molar-refractivity contribution in [1.29, 1.82) is 0 Å². The van der Waals surface area contributed by atoms with Crippen LogP contribution in [0.1, 0.15) is 12.7 Å². The van der Waals surface area contributed by atoms with Crippen LogP contribution in [0.15, 0.2) is 82.6 Å². The number of amides is 2. The molecular weight excluding hydrogens is 438 g/mol. The maximum atomic E-state index is 13.4. The fraction of sp³-hybridized carbons (Fsp3) is 0.167. The third-order valence-corrected chi connectivity index (χ3v) is 6.38. The van der Waals surface area contributed by atoms with E-state index in [1.165, 1.54) is 16.7 Å². The Kier molecular flexibility index (Phi) is 5.70. The molecule has 33 heavy (non-hydrogen) atoms. The van der Waals surface area contributed by atoms with Gasteiger partial charge in [-0.1, -0.05) is 54.2 Å². The number of fused-ring (bicyclic) bond motifs is 1. The van der Waals surface area contributed by atoms with Crippen LogP contribution in [0, 0.1) is 0 Å². The summed E-state index contributed by atoms with van der Waals surface area (Å²) in [6.07, 6.45) is 1.62. The molecule has 2 aromatic carbocycles. The van der Waals surface area contributed by atoms with Crippen LogP contribution in [-0.2, 0) is 16.1 Å². The lowest BCUT2D eigenvalue weighted by Crippen LogP contribution is -2.45. The largest absolute Gasteiger partial charge is 0.467 e. The van der Waals surface area contributed by atoms with Gasteiger partial charge in [0.1, 0.15) is 12.3 Å². The molecular formula is C24H21N5O3S. The molecule has 0 saturated heterocycles. The molecule has 9 heteroatoms. The van der Waals surface area contributed by atoms with E-state index in [2.05, 4.69) is 15.5 Å². The Morgan fingerprint density at radius 3 is 2.67 bits per heavy atom. The second-order valence-electron chi connectivity index (χ2n) is 7.59. The van der Waals surface area contributed by atoms with Gasteiger partial charge in [0.25, 0.3) is 0 Å². The maximum Gasteiger partial charge on any atom is 0.244 e. The minimum Gasteiger partial charge on any atom is -0.467 e. The molecule has 1 aliphatic rings. The van der Waals surface area contributed by atoms with E-state index in [0.717, 1.165) is 11.3 Å². The van der Waals surface area contributed by atoms with Crippen LogP contribution >= 0.6 is 11.8 Å². The molecule has 2 aromatic heterocycles. The summed E-state index contributed by atoms with van der Waals surface area (Å²) in [5, 5.41) is 11.7. The van der Waals surface area contributed by atoms with Gasteiger partial charge in [0.05, 0.1) is 29.4 Å². The molecule has 1 aliphatic heterocycles. The summed E-state index contributed by atoms with van der Waals surface area (Å²) >= 11 is 1.31. The Bertz CT molecular complexity index is 1290. The average Bonchev–Trinajstić information content (AvgIpc) is 3.49. The van der Waals surface area contributed by atoms with Crippen LogP contribution in [0.5, 0.6) is 0 Å². The molecule has 8 nitrogen and oxygen atoms in total. The van der Waals surface area contributed by atoms with Crippen LogP contribution in [0.2, 0.25) is 0 Å². The molecule has 0 saturated carbocycles. The summed E-state index contributed by atoms with van der Waals surface area (Å²) in [5.74, 6) is 1.06. The highest BCUT2D eigenvalue weighted by Crippen LogP contribution is 2.33. The van der Waals surface area contributed by atoms with E-state index in [1.807, 2.05) is 72.2 Å². The molecule has 0 bridgehead atoms. The van der Waals surface area contributed by atoms with Crippen molar-refractivity contribution in [1.82, 2.24) is 14.8 Å². The topological polar surface area (TPSA) is 93.3 Å². The van der Waals surface area contributed by atoms with Gasteiger partial charge in [0, 0.05) is 5.56 Å². The number of thioether (sulfide) groups is 1. The number of hydrogen-bond donors (Lipinski definition) is 1. The number of nitrogens with zero attached hydrogens (tertiary/aromatic N) is 4. The Labute approximate surface area is 194 Å². The molecule has 0 radical (unpaired) electrons. The first-order chi connectivity index (χ1) is 16.1. The molecule has 2 amide bonds. The summed E-state index contributed by atoms with van der Waals surface area (Å²) < 4.78 is 7.49. The monoisotopic (exact) mass is 459 g/mol. The van der Waals surface area contributed by atoms with E-state index in [-0.39, 0.29) is 18.4 Å². The number of aromatic nitrogens is 3. The highest BCUT2D eigenvalue weighted by atomic mass is 32.2. The van der Waals surface area contributed by atoms with E-state index < -0.39 is 5.25 Å². The number of rotatable bonds is 6. The van der Waals surface area contributed by atoms with Crippen LogP contribution < -0.4 is 10.2 Å². The van der Waals surface area contributed by atoms with Crippen LogP contribution in [-0.4, -0.2) is 38.4 Å².